The number of anilines is 2. The standard InChI is InChI=1S/C20H26N2O2/c1-4-5-11-24-18-8-6-7-17(13-18)21-14-20(23)22-19-10-9-15(2)12-16(19)3/h6-10,12-13,21H,4-5,11,14H2,1-3H3,(H,22,23). The average molecular weight is 326 g/mol. The van der Waals surface area contributed by atoms with Crippen LogP contribution in [0.25, 0.3) is 0 Å². The largest absolute Gasteiger partial charge is 0.494 e. The summed E-state index contributed by atoms with van der Waals surface area (Å²) in [5.41, 5.74) is 3.97. The van der Waals surface area contributed by atoms with Gasteiger partial charge in [0.15, 0.2) is 0 Å². The zero-order valence-corrected chi connectivity index (χ0v) is 14.7. The summed E-state index contributed by atoms with van der Waals surface area (Å²) in [5.74, 6) is 0.752. The van der Waals surface area contributed by atoms with Gasteiger partial charge in [-0.05, 0) is 44.0 Å². The summed E-state index contributed by atoms with van der Waals surface area (Å²) in [6.07, 6.45) is 2.15. The molecule has 2 aromatic rings. The first-order chi connectivity index (χ1) is 11.6. The zero-order valence-electron chi connectivity index (χ0n) is 14.7. The Labute approximate surface area is 144 Å². The molecule has 128 valence electrons. The predicted molar refractivity (Wildman–Crippen MR) is 99.9 cm³/mol. The molecule has 0 saturated carbocycles. The molecule has 0 saturated heterocycles. The fourth-order valence-electron chi connectivity index (χ4n) is 2.36. The van der Waals surface area contributed by atoms with Gasteiger partial charge < -0.3 is 15.4 Å². The molecule has 0 aliphatic heterocycles. The minimum absolute atomic E-state index is 0.0701. The molecule has 24 heavy (non-hydrogen) atoms. The highest BCUT2D eigenvalue weighted by molar-refractivity contribution is 5.94. The van der Waals surface area contributed by atoms with E-state index in [9.17, 15) is 4.79 Å². The van der Waals surface area contributed by atoms with E-state index in [4.69, 9.17) is 4.74 Å². The van der Waals surface area contributed by atoms with Crippen LogP contribution in [0, 0.1) is 13.8 Å². The Balaban J connectivity index is 1.86. The molecular formula is C20H26N2O2. The van der Waals surface area contributed by atoms with Crippen molar-refractivity contribution in [1.82, 2.24) is 0 Å². The highest BCUT2D eigenvalue weighted by Crippen LogP contribution is 2.18. The van der Waals surface area contributed by atoms with Crippen molar-refractivity contribution in [3.05, 3.63) is 53.6 Å². The second-order valence-corrected chi connectivity index (χ2v) is 5.95. The number of carbonyl (C=O) groups is 1. The van der Waals surface area contributed by atoms with E-state index in [1.165, 1.54) is 5.56 Å². The van der Waals surface area contributed by atoms with Gasteiger partial charge in [-0.2, -0.15) is 0 Å². The van der Waals surface area contributed by atoms with E-state index < -0.39 is 0 Å². The van der Waals surface area contributed by atoms with Gasteiger partial charge in [-0.25, -0.2) is 0 Å². The van der Waals surface area contributed by atoms with Crippen molar-refractivity contribution in [3.8, 4) is 5.75 Å². The van der Waals surface area contributed by atoms with Crippen LogP contribution in [0.15, 0.2) is 42.5 Å². The SMILES string of the molecule is CCCCOc1cccc(NCC(=O)Nc2ccc(C)cc2C)c1. The Hall–Kier alpha value is -2.49. The second kappa shape index (κ2) is 8.96. The van der Waals surface area contributed by atoms with E-state index in [2.05, 4.69) is 23.6 Å². The number of nitrogens with one attached hydrogen (secondary N) is 2. The quantitative estimate of drug-likeness (QED) is 0.701. The van der Waals surface area contributed by atoms with Crippen LogP contribution < -0.4 is 15.4 Å². The van der Waals surface area contributed by atoms with Crippen LogP contribution in [0.5, 0.6) is 5.75 Å². The lowest BCUT2D eigenvalue weighted by Gasteiger charge is -2.11. The lowest BCUT2D eigenvalue weighted by atomic mass is 10.1. The third kappa shape index (κ3) is 5.61. The third-order valence-corrected chi connectivity index (χ3v) is 3.71. The van der Waals surface area contributed by atoms with Gasteiger partial charge in [0.25, 0.3) is 0 Å². The molecule has 2 N–H and O–H groups in total. The van der Waals surface area contributed by atoms with Gasteiger partial charge in [0.1, 0.15) is 5.75 Å². The Kier molecular flexibility index (Phi) is 6.67. The highest BCUT2D eigenvalue weighted by atomic mass is 16.5. The Morgan fingerprint density at radius 2 is 1.96 bits per heavy atom. The van der Waals surface area contributed by atoms with Crippen LogP contribution in [0.3, 0.4) is 0 Å². The number of aryl methyl sites for hydroxylation is 2. The summed E-state index contributed by atoms with van der Waals surface area (Å²) in [4.78, 5) is 12.1. The molecule has 4 heteroatoms. The summed E-state index contributed by atoms with van der Waals surface area (Å²) >= 11 is 0. The van der Waals surface area contributed by atoms with Crippen molar-refractivity contribution in [2.45, 2.75) is 33.6 Å². The van der Waals surface area contributed by atoms with Crippen molar-refractivity contribution in [1.29, 1.82) is 0 Å². The number of ether oxygens (including phenoxy) is 1. The maximum atomic E-state index is 12.1. The average Bonchev–Trinajstić information content (AvgIpc) is 2.56. The molecule has 0 unspecified atom stereocenters. The van der Waals surface area contributed by atoms with Crippen LogP contribution in [-0.2, 0) is 4.79 Å². The first kappa shape index (κ1) is 17.9. The molecule has 0 aromatic heterocycles. The lowest BCUT2D eigenvalue weighted by Crippen LogP contribution is -2.22. The van der Waals surface area contributed by atoms with E-state index in [0.29, 0.717) is 6.61 Å². The van der Waals surface area contributed by atoms with E-state index >= 15 is 0 Å². The zero-order chi connectivity index (χ0) is 17.4. The molecule has 2 aromatic carbocycles. The molecule has 0 heterocycles. The fourth-order valence-corrected chi connectivity index (χ4v) is 2.36. The van der Waals surface area contributed by atoms with Crippen molar-refractivity contribution >= 4 is 17.3 Å². The smallest absolute Gasteiger partial charge is 0.243 e. The summed E-state index contributed by atoms with van der Waals surface area (Å²) in [7, 11) is 0. The number of rotatable bonds is 8. The maximum absolute atomic E-state index is 12.1. The number of hydrogen-bond acceptors (Lipinski definition) is 3. The number of carbonyl (C=O) groups excluding carboxylic acids is 1. The van der Waals surface area contributed by atoms with Gasteiger partial charge in [0.2, 0.25) is 5.91 Å². The number of unbranched alkanes of at least 4 members (excludes halogenated alkanes) is 1. The Bertz CT molecular complexity index is 683. The van der Waals surface area contributed by atoms with E-state index in [0.717, 1.165) is 35.5 Å². The number of amides is 1. The molecule has 0 bridgehead atoms. The van der Waals surface area contributed by atoms with Crippen LogP contribution in [0.1, 0.15) is 30.9 Å². The second-order valence-electron chi connectivity index (χ2n) is 5.95. The van der Waals surface area contributed by atoms with Gasteiger partial charge in [-0.1, -0.05) is 37.1 Å². The molecule has 0 atom stereocenters. The Morgan fingerprint density at radius 3 is 2.71 bits per heavy atom. The van der Waals surface area contributed by atoms with E-state index in [1.54, 1.807) is 0 Å². The van der Waals surface area contributed by atoms with Crippen LogP contribution in [0.4, 0.5) is 11.4 Å². The molecule has 0 aliphatic rings. The first-order valence-electron chi connectivity index (χ1n) is 8.42. The van der Waals surface area contributed by atoms with Crippen LogP contribution >= 0.6 is 0 Å². The van der Waals surface area contributed by atoms with Crippen LogP contribution in [0.2, 0.25) is 0 Å². The lowest BCUT2D eigenvalue weighted by molar-refractivity contribution is -0.114. The summed E-state index contributed by atoms with van der Waals surface area (Å²) < 4.78 is 5.68. The van der Waals surface area contributed by atoms with Gasteiger partial charge in [-0.3, -0.25) is 4.79 Å². The van der Waals surface area contributed by atoms with E-state index in [-0.39, 0.29) is 12.5 Å². The molecule has 0 fully saturated rings. The van der Waals surface area contributed by atoms with Crippen molar-refractivity contribution < 1.29 is 9.53 Å². The maximum Gasteiger partial charge on any atom is 0.243 e. The molecular weight excluding hydrogens is 300 g/mol. The molecule has 0 radical (unpaired) electrons. The topological polar surface area (TPSA) is 50.4 Å². The monoisotopic (exact) mass is 326 g/mol. The minimum atomic E-state index is -0.0701. The Morgan fingerprint density at radius 1 is 1.12 bits per heavy atom. The molecule has 4 nitrogen and oxygen atoms in total. The molecule has 1 amide bonds. The van der Waals surface area contributed by atoms with Gasteiger partial charge in [-0.15, -0.1) is 0 Å². The summed E-state index contributed by atoms with van der Waals surface area (Å²) in [5, 5.41) is 6.07. The van der Waals surface area contributed by atoms with Gasteiger partial charge in [0.05, 0.1) is 13.2 Å². The fraction of sp³-hybridized carbons (Fsp3) is 0.350. The van der Waals surface area contributed by atoms with Crippen molar-refractivity contribution in [2.24, 2.45) is 0 Å². The van der Waals surface area contributed by atoms with Gasteiger partial charge >= 0.3 is 0 Å². The first-order valence-corrected chi connectivity index (χ1v) is 8.42. The normalized spacial score (nSPS) is 10.3. The van der Waals surface area contributed by atoms with Crippen molar-refractivity contribution in [3.63, 3.8) is 0 Å². The van der Waals surface area contributed by atoms with Crippen molar-refractivity contribution in [2.75, 3.05) is 23.8 Å². The number of hydrogen-bond donors (Lipinski definition) is 2. The van der Waals surface area contributed by atoms with Gasteiger partial charge in [0, 0.05) is 17.4 Å². The van der Waals surface area contributed by atoms with E-state index in [1.807, 2.05) is 50.2 Å². The number of benzene rings is 2. The highest BCUT2D eigenvalue weighted by Gasteiger charge is 2.05. The third-order valence-electron chi connectivity index (χ3n) is 3.71. The predicted octanol–water partition coefficient (Wildman–Crippen LogP) is 4.53. The summed E-state index contributed by atoms with van der Waals surface area (Å²) in [6, 6.07) is 13.7. The molecule has 0 spiro atoms. The molecule has 2 rings (SSSR count). The molecule has 0 aliphatic carbocycles. The summed E-state index contributed by atoms with van der Waals surface area (Å²) in [6.45, 7) is 7.09. The van der Waals surface area contributed by atoms with Crippen LogP contribution in [-0.4, -0.2) is 19.1 Å². The minimum Gasteiger partial charge on any atom is -0.494 e.